The van der Waals surface area contributed by atoms with E-state index in [1.165, 1.54) is 4.90 Å². The molecule has 1 rings (SSSR count). The molecule has 126 valence electrons. The van der Waals surface area contributed by atoms with Crippen LogP contribution in [0, 0.1) is 17.8 Å². The van der Waals surface area contributed by atoms with Crippen molar-refractivity contribution in [3.8, 4) is 0 Å². The Morgan fingerprint density at radius 3 is 2.32 bits per heavy atom. The summed E-state index contributed by atoms with van der Waals surface area (Å²) in [4.78, 5) is 37.4. The lowest BCUT2D eigenvalue weighted by Crippen LogP contribution is -2.33. The van der Waals surface area contributed by atoms with Crippen LogP contribution >= 0.6 is 0 Å². The van der Waals surface area contributed by atoms with Crippen molar-refractivity contribution in [3.63, 3.8) is 0 Å². The molecule has 0 aromatic rings. The zero-order valence-corrected chi connectivity index (χ0v) is 14.6. The molecule has 0 aromatic carbocycles. The largest absolute Gasteiger partial charge is 0.299 e. The summed E-state index contributed by atoms with van der Waals surface area (Å²) < 4.78 is 0. The summed E-state index contributed by atoms with van der Waals surface area (Å²) in [5.74, 6) is 0.622. The second-order valence-electron chi connectivity index (χ2n) is 6.70. The number of likely N-dealkylation sites (tertiary alicyclic amines) is 1. The molecule has 1 heterocycles. The number of Topliss-reactive ketones (excluding diaryl/α,β-unsaturated/α-hetero) is 1. The molecule has 1 aliphatic rings. The second kappa shape index (κ2) is 9.06. The van der Waals surface area contributed by atoms with Gasteiger partial charge in [0.2, 0.25) is 11.8 Å². The predicted octanol–water partition coefficient (Wildman–Crippen LogP) is 3.58. The average molecular weight is 309 g/mol. The Hall–Kier alpha value is -1.19. The molecular formula is C18H31NO3. The number of carbonyl (C=O) groups excluding carboxylic acids is 3. The van der Waals surface area contributed by atoms with Crippen molar-refractivity contribution >= 4 is 17.6 Å². The van der Waals surface area contributed by atoms with Gasteiger partial charge in [0.25, 0.3) is 0 Å². The first-order valence-electron chi connectivity index (χ1n) is 8.79. The number of nitrogens with zero attached hydrogens (tertiary/aromatic N) is 1. The van der Waals surface area contributed by atoms with Crippen LogP contribution in [0.5, 0.6) is 0 Å². The van der Waals surface area contributed by atoms with Gasteiger partial charge in [0.15, 0.2) is 0 Å². The lowest BCUT2D eigenvalue weighted by molar-refractivity contribution is -0.140. The lowest BCUT2D eigenvalue weighted by atomic mass is 9.87. The van der Waals surface area contributed by atoms with E-state index in [0.717, 1.165) is 32.1 Å². The highest BCUT2D eigenvalue weighted by atomic mass is 16.2. The molecule has 4 heteroatoms. The molecule has 1 saturated heterocycles. The Morgan fingerprint density at radius 1 is 1.14 bits per heavy atom. The van der Waals surface area contributed by atoms with Crippen molar-refractivity contribution in [1.29, 1.82) is 0 Å². The molecule has 1 aliphatic heterocycles. The second-order valence-corrected chi connectivity index (χ2v) is 6.70. The van der Waals surface area contributed by atoms with Gasteiger partial charge in [-0.15, -0.1) is 0 Å². The summed E-state index contributed by atoms with van der Waals surface area (Å²) in [7, 11) is 0. The fourth-order valence-corrected chi connectivity index (χ4v) is 3.20. The van der Waals surface area contributed by atoms with E-state index in [2.05, 4.69) is 13.8 Å². The van der Waals surface area contributed by atoms with Gasteiger partial charge < -0.3 is 0 Å². The number of amides is 2. The molecule has 1 unspecified atom stereocenters. The SMILES string of the molecule is CCC(CC)C1CC(=O)N(CCCCCC(=O)C(C)C)C1=O. The summed E-state index contributed by atoms with van der Waals surface area (Å²) in [5, 5.41) is 0. The van der Waals surface area contributed by atoms with Crippen molar-refractivity contribution in [3.05, 3.63) is 0 Å². The third kappa shape index (κ3) is 4.92. The molecule has 0 aliphatic carbocycles. The van der Waals surface area contributed by atoms with E-state index in [0.29, 0.717) is 31.1 Å². The minimum Gasteiger partial charge on any atom is -0.299 e. The fourth-order valence-electron chi connectivity index (χ4n) is 3.20. The number of imide groups is 1. The van der Waals surface area contributed by atoms with Gasteiger partial charge in [0.1, 0.15) is 5.78 Å². The maximum atomic E-state index is 12.4. The molecular weight excluding hydrogens is 278 g/mol. The highest BCUT2D eigenvalue weighted by Gasteiger charge is 2.41. The molecule has 0 bridgehead atoms. The zero-order chi connectivity index (χ0) is 16.7. The van der Waals surface area contributed by atoms with Crippen LogP contribution in [0.15, 0.2) is 0 Å². The van der Waals surface area contributed by atoms with Crippen LogP contribution in [0.4, 0.5) is 0 Å². The Morgan fingerprint density at radius 2 is 1.77 bits per heavy atom. The van der Waals surface area contributed by atoms with Crippen molar-refractivity contribution in [2.45, 2.75) is 72.6 Å². The van der Waals surface area contributed by atoms with Crippen LogP contribution in [0.2, 0.25) is 0 Å². The number of unbranched alkanes of at least 4 members (excludes halogenated alkanes) is 2. The van der Waals surface area contributed by atoms with Gasteiger partial charge >= 0.3 is 0 Å². The predicted molar refractivity (Wildman–Crippen MR) is 87.2 cm³/mol. The molecule has 0 radical (unpaired) electrons. The van der Waals surface area contributed by atoms with E-state index in [1.807, 2.05) is 13.8 Å². The van der Waals surface area contributed by atoms with Crippen LogP contribution in [0.1, 0.15) is 72.6 Å². The van der Waals surface area contributed by atoms with Gasteiger partial charge in [0, 0.05) is 25.3 Å². The normalized spacial score (nSPS) is 18.8. The Kier molecular flexibility index (Phi) is 7.77. The molecule has 0 saturated carbocycles. The van der Waals surface area contributed by atoms with E-state index < -0.39 is 0 Å². The monoisotopic (exact) mass is 309 g/mol. The van der Waals surface area contributed by atoms with E-state index in [4.69, 9.17) is 0 Å². The van der Waals surface area contributed by atoms with Crippen LogP contribution < -0.4 is 0 Å². The highest BCUT2D eigenvalue weighted by Crippen LogP contribution is 2.31. The Labute approximate surface area is 134 Å². The third-order valence-electron chi connectivity index (χ3n) is 4.85. The minimum atomic E-state index is -0.106. The molecule has 0 N–H and O–H groups in total. The van der Waals surface area contributed by atoms with E-state index in [9.17, 15) is 14.4 Å². The first-order chi connectivity index (χ1) is 10.4. The van der Waals surface area contributed by atoms with Crippen molar-refractivity contribution in [2.24, 2.45) is 17.8 Å². The van der Waals surface area contributed by atoms with Gasteiger partial charge in [-0.1, -0.05) is 47.0 Å². The smallest absolute Gasteiger partial charge is 0.233 e. The molecule has 0 spiro atoms. The van der Waals surface area contributed by atoms with E-state index in [-0.39, 0.29) is 23.7 Å². The Bertz CT molecular complexity index is 399. The maximum absolute atomic E-state index is 12.4. The average Bonchev–Trinajstić information content (AvgIpc) is 2.75. The molecule has 0 aromatic heterocycles. The summed E-state index contributed by atoms with van der Waals surface area (Å²) >= 11 is 0. The Balaban J connectivity index is 2.36. The summed E-state index contributed by atoms with van der Waals surface area (Å²) in [5.41, 5.74) is 0. The number of carbonyl (C=O) groups is 3. The van der Waals surface area contributed by atoms with Gasteiger partial charge in [-0.05, 0) is 18.8 Å². The number of hydrogen-bond acceptors (Lipinski definition) is 3. The highest BCUT2D eigenvalue weighted by molar-refractivity contribution is 6.03. The first-order valence-corrected chi connectivity index (χ1v) is 8.79. The van der Waals surface area contributed by atoms with Gasteiger partial charge in [-0.3, -0.25) is 19.3 Å². The van der Waals surface area contributed by atoms with Crippen LogP contribution in [0.25, 0.3) is 0 Å². The maximum Gasteiger partial charge on any atom is 0.233 e. The number of rotatable bonds is 10. The molecule has 4 nitrogen and oxygen atoms in total. The van der Waals surface area contributed by atoms with Gasteiger partial charge in [-0.2, -0.15) is 0 Å². The first kappa shape index (κ1) is 18.9. The van der Waals surface area contributed by atoms with Crippen molar-refractivity contribution in [1.82, 2.24) is 4.90 Å². The van der Waals surface area contributed by atoms with Crippen molar-refractivity contribution < 1.29 is 14.4 Å². The number of ketones is 1. The minimum absolute atomic E-state index is 0.0137. The molecule has 1 atom stereocenters. The standard InChI is InChI=1S/C18H31NO3/c1-5-14(6-2)15-12-17(21)19(18(15)22)11-9-7-8-10-16(20)13(3)4/h13-15H,5-12H2,1-4H3. The molecule has 2 amide bonds. The number of hydrogen-bond donors (Lipinski definition) is 0. The molecule has 22 heavy (non-hydrogen) atoms. The van der Waals surface area contributed by atoms with E-state index >= 15 is 0 Å². The van der Waals surface area contributed by atoms with E-state index in [1.54, 1.807) is 0 Å². The van der Waals surface area contributed by atoms with Crippen molar-refractivity contribution in [2.75, 3.05) is 6.54 Å². The zero-order valence-electron chi connectivity index (χ0n) is 14.6. The van der Waals surface area contributed by atoms with Gasteiger partial charge in [-0.25, -0.2) is 0 Å². The third-order valence-corrected chi connectivity index (χ3v) is 4.85. The van der Waals surface area contributed by atoms with Crippen LogP contribution in [0.3, 0.4) is 0 Å². The summed E-state index contributed by atoms with van der Waals surface area (Å²) in [6.07, 6.45) is 5.44. The van der Waals surface area contributed by atoms with Gasteiger partial charge in [0.05, 0.1) is 5.92 Å². The lowest BCUT2D eigenvalue weighted by Gasteiger charge is -2.19. The quantitative estimate of drug-likeness (QED) is 0.458. The van der Waals surface area contributed by atoms with Crippen LogP contribution in [-0.2, 0) is 14.4 Å². The molecule has 1 fully saturated rings. The summed E-state index contributed by atoms with van der Waals surface area (Å²) in [6.45, 7) is 8.52. The van der Waals surface area contributed by atoms with Crippen LogP contribution in [-0.4, -0.2) is 29.0 Å². The fraction of sp³-hybridized carbons (Fsp3) is 0.833. The topological polar surface area (TPSA) is 54.5 Å². The summed E-state index contributed by atoms with van der Waals surface area (Å²) in [6, 6.07) is 0.